The molecule has 0 radical (unpaired) electrons. The molecular weight excluding hydrogens is 216 g/mol. The summed E-state index contributed by atoms with van der Waals surface area (Å²) in [7, 11) is 1.59. The third kappa shape index (κ3) is 3.46. The highest BCUT2D eigenvalue weighted by Gasteiger charge is 2.14. The van der Waals surface area contributed by atoms with E-state index in [2.05, 4.69) is 5.32 Å². The van der Waals surface area contributed by atoms with Crippen molar-refractivity contribution in [1.82, 2.24) is 5.32 Å². The van der Waals surface area contributed by atoms with E-state index in [1.807, 2.05) is 32.0 Å². The first-order valence-corrected chi connectivity index (χ1v) is 5.70. The predicted octanol–water partition coefficient (Wildman–Crippen LogP) is 1.53. The van der Waals surface area contributed by atoms with Crippen LogP contribution in [0.2, 0.25) is 0 Å². The first-order chi connectivity index (χ1) is 7.95. The molecule has 2 atom stereocenters. The molecule has 1 unspecified atom stereocenters. The molecule has 0 aliphatic rings. The van der Waals surface area contributed by atoms with Crippen LogP contribution in [0, 0.1) is 6.92 Å². The molecule has 0 spiro atoms. The van der Waals surface area contributed by atoms with E-state index < -0.39 is 6.10 Å². The van der Waals surface area contributed by atoms with Crippen LogP contribution in [-0.2, 0) is 4.79 Å². The summed E-state index contributed by atoms with van der Waals surface area (Å²) in [4.78, 5) is 11.3. The number of carbonyl (C=O) groups excluding carboxylic acids is 1. The average Bonchev–Trinajstić information content (AvgIpc) is 2.30. The molecule has 3 N–H and O–H groups in total. The molecule has 0 aliphatic carbocycles. The second-order valence-corrected chi connectivity index (χ2v) is 4.19. The molecule has 1 amide bonds. The Morgan fingerprint density at radius 1 is 1.41 bits per heavy atom. The first-order valence-electron chi connectivity index (χ1n) is 5.70. The maximum Gasteiger partial charge on any atom is 0.260 e. The molecule has 0 aliphatic heterocycles. The number of amides is 1. The maximum atomic E-state index is 11.3. The van der Waals surface area contributed by atoms with E-state index in [1.54, 1.807) is 14.0 Å². The highest BCUT2D eigenvalue weighted by atomic mass is 16.5. The molecule has 0 saturated carbocycles. The Morgan fingerprint density at radius 3 is 2.53 bits per heavy atom. The Kier molecular flexibility index (Phi) is 4.52. The Morgan fingerprint density at radius 2 is 2.06 bits per heavy atom. The van der Waals surface area contributed by atoms with Crippen LogP contribution in [0.15, 0.2) is 18.2 Å². The molecule has 0 aromatic heterocycles. The predicted molar refractivity (Wildman–Crippen MR) is 67.9 cm³/mol. The number of hydrogen-bond donors (Lipinski definition) is 2. The van der Waals surface area contributed by atoms with Gasteiger partial charge in [-0.05, 0) is 38.0 Å². The van der Waals surface area contributed by atoms with Gasteiger partial charge in [0.15, 0.2) is 6.10 Å². The van der Waals surface area contributed by atoms with Gasteiger partial charge in [-0.25, -0.2) is 0 Å². The van der Waals surface area contributed by atoms with E-state index in [0.717, 1.165) is 11.1 Å². The molecule has 94 valence electrons. The highest BCUT2D eigenvalue weighted by molar-refractivity contribution is 5.80. The van der Waals surface area contributed by atoms with Crippen LogP contribution < -0.4 is 15.8 Å². The lowest BCUT2D eigenvalue weighted by molar-refractivity contribution is -0.126. The number of aryl methyl sites for hydroxylation is 1. The van der Waals surface area contributed by atoms with Crippen molar-refractivity contribution in [3.05, 3.63) is 29.3 Å². The molecule has 17 heavy (non-hydrogen) atoms. The topological polar surface area (TPSA) is 64.3 Å². The molecule has 1 aromatic rings. The first kappa shape index (κ1) is 13.5. The van der Waals surface area contributed by atoms with Crippen LogP contribution in [0.5, 0.6) is 5.75 Å². The minimum absolute atomic E-state index is 0.000820. The van der Waals surface area contributed by atoms with Gasteiger partial charge in [0, 0.05) is 13.1 Å². The molecule has 1 rings (SSSR count). The maximum absolute atomic E-state index is 11.3. The fraction of sp³-hybridized carbons (Fsp3) is 0.462. The zero-order valence-corrected chi connectivity index (χ0v) is 10.8. The number of carbonyl (C=O) groups is 1. The molecular formula is C13H20N2O2. The number of likely N-dealkylation sites (N-methyl/N-ethyl adjacent to an activating group) is 1. The van der Waals surface area contributed by atoms with E-state index in [-0.39, 0.29) is 11.9 Å². The second kappa shape index (κ2) is 5.68. The van der Waals surface area contributed by atoms with E-state index in [9.17, 15) is 4.79 Å². The van der Waals surface area contributed by atoms with Gasteiger partial charge in [-0.1, -0.05) is 12.1 Å². The van der Waals surface area contributed by atoms with Crippen molar-refractivity contribution in [2.45, 2.75) is 32.9 Å². The number of ether oxygens (including phenoxy) is 1. The van der Waals surface area contributed by atoms with Gasteiger partial charge >= 0.3 is 0 Å². The van der Waals surface area contributed by atoms with Crippen LogP contribution in [0.25, 0.3) is 0 Å². The van der Waals surface area contributed by atoms with Crippen molar-refractivity contribution in [2.24, 2.45) is 5.73 Å². The van der Waals surface area contributed by atoms with Gasteiger partial charge in [0.05, 0.1) is 0 Å². The molecule has 0 saturated heterocycles. The van der Waals surface area contributed by atoms with Crippen LogP contribution in [0.4, 0.5) is 0 Å². The Labute approximate surface area is 102 Å². The molecule has 0 heterocycles. The second-order valence-electron chi connectivity index (χ2n) is 4.19. The lowest BCUT2D eigenvalue weighted by Gasteiger charge is -2.16. The largest absolute Gasteiger partial charge is 0.481 e. The van der Waals surface area contributed by atoms with E-state index >= 15 is 0 Å². The lowest BCUT2D eigenvalue weighted by atomic mass is 10.1. The number of rotatable bonds is 4. The smallest absolute Gasteiger partial charge is 0.260 e. The Hall–Kier alpha value is -1.55. The van der Waals surface area contributed by atoms with E-state index in [4.69, 9.17) is 10.5 Å². The Bertz CT molecular complexity index is 402. The standard InChI is InChI=1S/C13H20N2O2/c1-8-7-11(9(2)14)5-6-12(8)17-10(3)13(16)15-4/h5-7,9-10H,14H2,1-4H3,(H,15,16)/t9-,10?/m1/s1. The van der Waals surface area contributed by atoms with Crippen LogP contribution >= 0.6 is 0 Å². The van der Waals surface area contributed by atoms with Crippen LogP contribution in [0.3, 0.4) is 0 Å². The lowest BCUT2D eigenvalue weighted by Crippen LogP contribution is -2.33. The van der Waals surface area contributed by atoms with Gasteiger partial charge < -0.3 is 15.8 Å². The number of benzene rings is 1. The molecule has 0 fully saturated rings. The quantitative estimate of drug-likeness (QED) is 0.833. The summed E-state index contributed by atoms with van der Waals surface area (Å²) in [5.74, 6) is 0.575. The van der Waals surface area contributed by atoms with Gasteiger partial charge in [-0.2, -0.15) is 0 Å². The van der Waals surface area contributed by atoms with Crippen molar-refractivity contribution >= 4 is 5.91 Å². The van der Waals surface area contributed by atoms with E-state index in [1.165, 1.54) is 0 Å². The average molecular weight is 236 g/mol. The minimum atomic E-state index is -0.500. The summed E-state index contributed by atoms with van der Waals surface area (Å²) < 4.78 is 5.58. The molecule has 1 aromatic carbocycles. The third-order valence-corrected chi connectivity index (χ3v) is 2.64. The van der Waals surface area contributed by atoms with Gasteiger partial charge in [0.1, 0.15) is 5.75 Å². The van der Waals surface area contributed by atoms with Crippen molar-refractivity contribution < 1.29 is 9.53 Å². The summed E-state index contributed by atoms with van der Waals surface area (Å²) >= 11 is 0. The van der Waals surface area contributed by atoms with Crippen LogP contribution in [0.1, 0.15) is 31.0 Å². The number of nitrogens with one attached hydrogen (secondary N) is 1. The monoisotopic (exact) mass is 236 g/mol. The SMILES string of the molecule is CNC(=O)C(C)Oc1ccc([C@@H](C)N)cc1C. The van der Waals surface area contributed by atoms with Crippen LogP contribution in [-0.4, -0.2) is 19.1 Å². The van der Waals surface area contributed by atoms with Crippen molar-refractivity contribution in [3.8, 4) is 5.75 Å². The highest BCUT2D eigenvalue weighted by Crippen LogP contribution is 2.22. The third-order valence-electron chi connectivity index (χ3n) is 2.64. The fourth-order valence-electron chi connectivity index (χ4n) is 1.54. The number of nitrogens with two attached hydrogens (primary N) is 1. The van der Waals surface area contributed by atoms with Gasteiger partial charge in [0.25, 0.3) is 5.91 Å². The van der Waals surface area contributed by atoms with Gasteiger partial charge in [-0.3, -0.25) is 4.79 Å². The zero-order valence-electron chi connectivity index (χ0n) is 10.8. The molecule has 4 heteroatoms. The number of hydrogen-bond acceptors (Lipinski definition) is 3. The Balaban J connectivity index is 2.83. The summed E-state index contributed by atoms with van der Waals surface area (Å²) in [6.45, 7) is 5.60. The normalized spacial score (nSPS) is 13.9. The van der Waals surface area contributed by atoms with E-state index in [0.29, 0.717) is 5.75 Å². The van der Waals surface area contributed by atoms with Crippen molar-refractivity contribution in [1.29, 1.82) is 0 Å². The summed E-state index contributed by atoms with van der Waals surface area (Å²) in [6.07, 6.45) is -0.500. The summed E-state index contributed by atoms with van der Waals surface area (Å²) in [5.41, 5.74) is 7.84. The molecule has 0 bridgehead atoms. The zero-order chi connectivity index (χ0) is 13.0. The van der Waals surface area contributed by atoms with Gasteiger partial charge in [-0.15, -0.1) is 0 Å². The fourth-order valence-corrected chi connectivity index (χ4v) is 1.54. The van der Waals surface area contributed by atoms with Crippen molar-refractivity contribution in [3.63, 3.8) is 0 Å². The molecule has 4 nitrogen and oxygen atoms in total. The minimum Gasteiger partial charge on any atom is -0.481 e. The summed E-state index contributed by atoms with van der Waals surface area (Å²) in [6, 6.07) is 5.76. The van der Waals surface area contributed by atoms with Crippen molar-refractivity contribution in [2.75, 3.05) is 7.05 Å². The summed E-state index contributed by atoms with van der Waals surface area (Å²) in [5, 5.41) is 2.55. The van der Waals surface area contributed by atoms with Gasteiger partial charge in [0.2, 0.25) is 0 Å².